The van der Waals surface area contributed by atoms with Crippen LogP contribution < -0.4 is 0 Å². The Labute approximate surface area is 142 Å². The van der Waals surface area contributed by atoms with Crippen LogP contribution in [0.25, 0.3) is 0 Å². The number of hydrogen-bond donors (Lipinski definition) is 0. The van der Waals surface area contributed by atoms with Gasteiger partial charge < -0.3 is 9.80 Å². The van der Waals surface area contributed by atoms with E-state index in [1.165, 1.54) is 5.56 Å². The molecule has 0 saturated carbocycles. The first-order chi connectivity index (χ1) is 11.1. The summed E-state index contributed by atoms with van der Waals surface area (Å²) in [4.78, 5) is 30.3. The number of thiophene rings is 1. The van der Waals surface area contributed by atoms with Crippen molar-refractivity contribution in [3.63, 3.8) is 0 Å². The second-order valence-electron chi connectivity index (χ2n) is 5.85. The van der Waals surface area contributed by atoms with Gasteiger partial charge in [-0.1, -0.05) is 0 Å². The first kappa shape index (κ1) is 17.9. The van der Waals surface area contributed by atoms with E-state index in [4.69, 9.17) is 0 Å². The van der Waals surface area contributed by atoms with Crippen LogP contribution >= 0.6 is 11.3 Å². The lowest BCUT2D eigenvalue weighted by Crippen LogP contribution is -2.51. The Bertz CT molecular complexity index is 492. The summed E-state index contributed by atoms with van der Waals surface area (Å²) < 4.78 is 0. The molecule has 128 valence electrons. The molecule has 0 unspecified atom stereocenters. The number of carbonyl (C=O) groups is 2. The fourth-order valence-electron chi connectivity index (χ4n) is 2.87. The number of aryl methyl sites for hydroxylation is 1. The number of likely N-dealkylation sites (N-methyl/N-ethyl adjacent to an activating group) is 1. The quantitative estimate of drug-likeness (QED) is 0.760. The van der Waals surface area contributed by atoms with E-state index in [2.05, 4.69) is 16.3 Å². The van der Waals surface area contributed by atoms with Crippen LogP contribution in [0.1, 0.15) is 25.8 Å². The lowest BCUT2D eigenvalue weighted by Gasteiger charge is -2.35. The van der Waals surface area contributed by atoms with Gasteiger partial charge in [0, 0.05) is 45.7 Å². The van der Waals surface area contributed by atoms with Gasteiger partial charge in [-0.3, -0.25) is 14.5 Å². The van der Waals surface area contributed by atoms with E-state index in [1.54, 1.807) is 11.3 Å². The zero-order valence-corrected chi connectivity index (χ0v) is 15.0. The number of carbonyl (C=O) groups excluding carboxylic acids is 2. The molecular weight excluding hydrogens is 310 g/mol. The molecule has 2 amide bonds. The molecule has 1 aliphatic rings. The SMILES string of the molecule is CCN(CC)C(=O)CN1CCN(C(=O)CCc2ccsc2)CC1. The van der Waals surface area contributed by atoms with E-state index in [1.807, 2.05) is 29.0 Å². The van der Waals surface area contributed by atoms with Gasteiger partial charge in [-0.25, -0.2) is 0 Å². The standard InChI is InChI=1S/C17H27N3O2S/c1-3-19(4-2)17(22)13-18-8-10-20(11-9-18)16(21)6-5-15-7-12-23-14-15/h7,12,14H,3-6,8-11,13H2,1-2H3. The Morgan fingerprint density at radius 3 is 2.43 bits per heavy atom. The second kappa shape index (κ2) is 9.03. The molecular formula is C17H27N3O2S. The van der Waals surface area contributed by atoms with Gasteiger partial charge in [0.05, 0.1) is 6.54 Å². The van der Waals surface area contributed by atoms with Crippen molar-refractivity contribution >= 4 is 23.2 Å². The molecule has 0 radical (unpaired) electrons. The summed E-state index contributed by atoms with van der Waals surface area (Å²) in [5, 5.41) is 4.15. The lowest BCUT2D eigenvalue weighted by atomic mass is 10.1. The average molecular weight is 337 g/mol. The summed E-state index contributed by atoms with van der Waals surface area (Å²) in [7, 11) is 0. The molecule has 1 aliphatic heterocycles. The molecule has 1 aromatic rings. The molecule has 2 heterocycles. The smallest absolute Gasteiger partial charge is 0.236 e. The van der Waals surface area contributed by atoms with Crippen LogP contribution in [0, 0.1) is 0 Å². The lowest BCUT2D eigenvalue weighted by molar-refractivity contribution is -0.135. The third-order valence-corrected chi connectivity index (χ3v) is 5.14. The van der Waals surface area contributed by atoms with E-state index in [9.17, 15) is 9.59 Å². The Morgan fingerprint density at radius 1 is 1.17 bits per heavy atom. The summed E-state index contributed by atoms with van der Waals surface area (Å²) in [5.74, 6) is 0.415. The van der Waals surface area contributed by atoms with Crippen molar-refractivity contribution in [2.24, 2.45) is 0 Å². The van der Waals surface area contributed by atoms with Gasteiger partial charge in [0.1, 0.15) is 0 Å². The second-order valence-corrected chi connectivity index (χ2v) is 6.63. The maximum Gasteiger partial charge on any atom is 0.236 e. The Morgan fingerprint density at radius 2 is 1.87 bits per heavy atom. The largest absolute Gasteiger partial charge is 0.342 e. The maximum atomic E-state index is 12.3. The third kappa shape index (κ3) is 5.32. The molecule has 0 spiro atoms. The van der Waals surface area contributed by atoms with Crippen molar-refractivity contribution in [1.82, 2.24) is 14.7 Å². The molecule has 0 N–H and O–H groups in total. The van der Waals surface area contributed by atoms with Gasteiger partial charge in [0.2, 0.25) is 11.8 Å². The minimum absolute atomic E-state index is 0.187. The fraction of sp³-hybridized carbons (Fsp3) is 0.647. The van der Waals surface area contributed by atoms with Crippen molar-refractivity contribution in [1.29, 1.82) is 0 Å². The number of amides is 2. The summed E-state index contributed by atoms with van der Waals surface area (Å²) >= 11 is 1.67. The molecule has 1 aromatic heterocycles. The van der Waals surface area contributed by atoms with Crippen LogP contribution in [0.15, 0.2) is 16.8 Å². The number of rotatable bonds is 7. The van der Waals surface area contributed by atoms with E-state index < -0.39 is 0 Å². The molecule has 23 heavy (non-hydrogen) atoms. The zero-order chi connectivity index (χ0) is 16.7. The van der Waals surface area contributed by atoms with Crippen molar-refractivity contribution in [2.75, 3.05) is 45.8 Å². The molecule has 0 aromatic carbocycles. The minimum atomic E-state index is 0.187. The monoisotopic (exact) mass is 337 g/mol. The van der Waals surface area contributed by atoms with Crippen LogP contribution in [-0.4, -0.2) is 72.3 Å². The molecule has 1 fully saturated rings. The fourth-order valence-corrected chi connectivity index (χ4v) is 3.57. The van der Waals surface area contributed by atoms with Crippen LogP contribution in [-0.2, 0) is 16.0 Å². The highest BCUT2D eigenvalue weighted by atomic mass is 32.1. The van der Waals surface area contributed by atoms with Gasteiger partial charge in [-0.2, -0.15) is 11.3 Å². The summed E-state index contributed by atoms with van der Waals surface area (Å²) in [5.41, 5.74) is 1.24. The molecule has 0 bridgehead atoms. The van der Waals surface area contributed by atoms with Crippen molar-refractivity contribution in [3.05, 3.63) is 22.4 Å². The van der Waals surface area contributed by atoms with Crippen molar-refractivity contribution in [2.45, 2.75) is 26.7 Å². The maximum absolute atomic E-state index is 12.3. The van der Waals surface area contributed by atoms with E-state index in [0.717, 1.165) is 45.7 Å². The van der Waals surface area contributed by atoms with E-state index in [-0.39, 0.29) is 11.8 Å². The topological polar surface area (TPSA) is 43.9 Å². The van der Waals surface area contributed by atoms with Crippen molar-refractivity contribution < 1.29 is 9.59 Å². The Balaban J connectivity index is 1.70. The molecule has 6 heteroatoms. The van der Waals surface area contributed by atoms with Gasteiger partial charge in [0.15, 0.2) is 0 Å². The summed E-state index contributed by atoms with van der Waals surface area (Å²) in [6.07, 6.45) is 1.40. The molecule has 0 atom stereocenters. The summed E-state index contributed by atoms with van der Waals surface area (Å²) in [6.45, 7) is 9.04. The summed E-state index contributed by atoms with van der Waals surface area (Å²) in [6, 6.07) is 2.08. The molecule has 5 nitrogen and oxygen atoms in total. The van der Waals surface area contributed by atoms with E-state index >= 15 is 0 Å². The van der Waals surface area contributed by atoms with Crippen LogP contribution in [0.2, 0.25) is 0 Å². The molecule has 2 rings (SSSR count). The highest BCUT2D eigenvalue weighted by Gasteiger charge is 2.23. The zero-order valence-electron chi connectivity index (χ0n) is 14.2. The van der Waals surface area contributed by atoms with Crippen LogP contribution in [0.5, 0.6) is 0 Å². The molecule has 0 aliphatic carbocycles. The Hall–Kier alpha value is -1.40. The first-order valence-electron chi connectivity index (χ1n) is 8.43. The van der Waals surface area contributed by atoms with Gasteiger partial charge in [-0.15, -0.1) is 0 Å². The normalized spacial score (nSPS) is 15.7. The minimum Gasteiger partial charge on any atom is -0.342 e. The first-order valence-corrected chi connectivity index (χ1v) is 9.37. The molecule has 1 saturated heterocycles. The number of piperazine rings is 1. The van der Waals surface area contributed by atoms with Gasteiger partial charge in [-0.05, 0) is 42.7 Å². The Kier molecular flexibility index (Phi) is 7.05. The predicted molar refractivity (Wildman–Crippen MR) is 93.6 cm³/mol. The van der Waals surface area contributed by atoms with Gasteiger partial charge in [0.25, 0.3) is 0 Å². The predicted octanol–water partition coefficient (Wildman–Crippen LogP) is 1.69. The van der Waals surface area contributed by atoms with Crippen molar-refractivity contribution in [3.8, 4) is 0 Å². The number of hydrogen-bond acceptors (Lipinski definition) is 4. The van der Waals surface area contributed by atoms with Crippen LogP contribution in [0.3, 0.4) is 0 Å². The highest BCUT2D eigenvalue weighted by Crippen LogP contribution is 2.11. The third-order valence-electron chi connectivity index (χ3n) is 4.41. The average Bonchev–Trinajstić information content (AvgIpc) is 3.08. The van der Waals surface area contributed by atoms with Crippen LogP contribution in [0.4, 0.5) is 0 Å². The van der Waals surface area contributed by atoms with Gasteiger partial charge >= 0.3 is 0 Å². The number of nitrogens with zero attached hydrogens (tertiary/aromatic N) is 3. The van der Waals surface area contributed by atoms with E-state index in [0.29, 0.717) is 13.0 Å². The highest BCUT2D eigenvalue weighted by molar-refractivity contribution is 7.07.